The molecule has 3 aromatic rings. The molecule has 0 N–H and O–H groups in total. The summed E-state index contributed by atoms with van der Waals surface area (Å²) in [5.41, 5.74) is 0.841. The molecule has 0 radical (unpaired) electrons. The molecule has 6 heteroatoms. The molecule has 134 valence electrons. The number of rotatable bonds is 4. The van der Waals surface area contributed by atoms with Gasteiger partial charge in [-0.1, -0.05) is 6.07 Å². The molecule has 2 heterocycles. The Balaban J connectivity index is 1.52. The Hall–Kier alpha value is -3.38. The summed E-state index contributed by atoms with van der Waals surface area (Å²) in [5.74, 6) is 0.900. The van der Waals surface area contributed by atoms with Crippen molar-refractivity contribution in [3.8, 4) is 17.2 Å². The number of esters is 1. The van der Waals surface area contributed by atoms with E-state index >= 15 is 0 Å². The van der Waals surface area contributed by atoms with E-state index in [4.69, 9.17) is 14.2 Å². The van der Waals surface area contributed by atoms with Crippen LogP contribution >= 0.6 is 11.3 Å². The van der Waals surface area contributed by atoms with Gasteiger partial charge in [0.05, 0.1) is 18.2 Å². The normalized spacial score (nSPS) is 14.0. The lowest BCUT2D eigenvalue weighted by atomic mass is 10.1. The molecular weight excluding hydrogens is 364 g/mol. The predicted octanol–water partition coefficient (Wildman–Crippen LogP) is 4.59. The number of allylic oxidation sites excluding steroid dienone is 1. The van der Waals surface area contributed by atoms with Gasteiger partial charge in [-0.05, 0) is 47.8 Å². The van der Waals surface area contributed by atoms with Crippen LogP contribution in [0, 0.1) is 0 Å². The summed E-state index contributed by atoms with van der Waals surface area (Å²) >= 11 is 1.52. The van der Waals surface area contributed by atoms with E-state index in [1.165, 1.54) is 11.3 Å². The molecular formula is C21H14O5S. The Kier molecular flexibility index (Phi) is 4.48. The fraction of sp³-hybridized carbons (Fsp3) is 0.0476. The molecule has 27 heavy (non-hydrogen) atoms. The number of benzene rings is 2. The van der Waals surface area contributed by atoms with Gasteiger partial charge in [0.15, 0.2) is 5.76 Å². The minimum Gasteiger partial charge on any atom is -0.497 e. The van der Waals surface area contributed by atoms with Gasteiger partial charge in [-0.25, -0.2) is 4.79 Å². The van der Waals surface area contributed by atoms with Crippen LogP contribution in [0.4, 0.5) is 0 Å². The number of carbonyl (C=O) groups excluding carboxylic acids is 2. The van der Waals surface area contributed by atoms with Gasteiger partial charge in [0.25, 0.3) is 0 Å². The molecule has 0 fully saturated rings. The molecule has 4 rings (SSSR count). The van der Waals surface area contributed by atoms with Gasteiger partial charge in [0, 0.05) is 17.0 Å². The third kappa shape index (κ3) is 3.47. The minimum absolute atomic E-state index is 0.188. The Morgan fingerprint density at radius 1 is 1.07 bits per heavy atom. The van der Waals surface area contributed by atoms with Gasteiger partial charge in [0.1, 0.15) is 17.2 Å². The molecule has 0 saturated heterocycles. The van der Waals surface area contributed by atoms with Crippen LogP contribution in [0.5, 0.6) is 17.2 Å². The number of hydrogen-bond donors (Lipinski definition) is 0. The van der Waals surface area contributed by atoms with E-state index in [0.29, 0.717) is 28.4 Å². The minimum atomic E-state index is -0.503. The molecule has 1 aliphatic heterocycles. The van der Waals surface area contributed by atoms with Crippen LogP contribution in [0.15, 0.2) is 65.7 Å². The highest BCUT2D eigenvalue weighted by atomic mass is 32.1. The molecule has 0 aliphatic carbocycles. The van der Waals surface area contributed by atoms with Crippen LogP contribution in [-0.2, 0) is 0 Å². The number of carbonyl (C=O) groups is 2. The lowest BCUT2D eigenvalue weighted by Crippen LogP contribution is -2.08. The van der Waals surface area contributed by atoms with Crippen molar-refractivity contribution in [2.45, 2.75) is 0 Å². The zero-order valence-corrected chi connectivity index (χ0v) is 15.1. The fourth-order valence-electron chi connectivity index (χ4n) is 2.63. The van der Waals surface area contributed by atoms with Gasteiger partial charge in [-0.15, -0.1) is 11.3 Å². The zero-order valence-electron chi connectivity index (χ0n) is 14.3. The molecule has 0 saturated carbocycles. The Labute approximate surface area is 159 Å². The maximum absolute atomic E-state index is 12.4. The number of thiophene rings is 1. The molecule has 0 spiro atoms. The Bertz CT molecular complexity index is 1030. The number of hydrogen-bond acceptors (Lipinski definition) is 6. The highest BCUT2D eigenvalue weighted by Gasteiger charge is 2.28. The zero-order chi connectivity index (χ0) is 18.8. The van der Waals surface area contributed by atoms with Crippen molar-refractivity contribution in [3.05, 3.63) is 81.7 Å². The third-order valence-electron chi connectivity index (χ3n) is 3.99. The average molecular weight is 378 g/mol. The Morgan fingerprint density at radius 2 is 1.85 bits per heavy atom. The van der Waals surface area contributed by atoms with E-state index in [2.05, 4.69) is 0 Å². The van der Waals surface area contributed by atoms with Crippen LogP contribution in [0.3, 0.4) is 0 Å². The van der Waals surface area contributed by atoms with Crippen LogP contribution in [0.25, 0.3) is 6.08 Å². The van der Waals surface area contributed by atoms with Crippen LogP contribution in [-0.4, -0.2) is 18.9 Å². The molecule has 0 amide bonds. The first-order valence-corrected chi connectivity index (χ1v) is 9.00. The van der Waals surface area contributed by atoms with Gasteiger partial charge in [-0.3, -0.25) is 4.79 Å². The van der Waals surface area contributed by atoms with Crippen LogP contribution < -0.4 is 14.2 Å². The van der Waals surface area contributed by atoms with Crippen molar-refractivity contribution in [1.82, 2.24) is 0 Å². The second-order valence-corrected chi connectivity index (χ2v) is 6.71. The topological polar surface area (TPSA) is 61.8 Å². The van der Waals surface area contributed by atoms with E-state index < -0.39 is 5.97 Å². The van der Waals surface area contributed by atoms with Crippen molar-refractivity contribution in [1.29, 1.82) is 0 Å². The largest absolute Gasteiger partial charge is 0.497 e. The average Bonchev–Trinajstić information content (AvgIpc) is 3.30. The van der Waals surface area contributed by atoms with Crippen LogP contribution in [0.2, 0.25) is 0 Å². The van der Waals surface area contributed by atoms with E-state index in [9.17, 15) is 9.59 Å². The summed E-state index contributed by atoms with van der Waals surface area (Å²) in [7, 11) is 1.56. The number of methoxy groups -OCH3 is 1. The quantitative estimate of drug-likeness (QED) is 0.377. The molecule has 1 aliphatic rings. The molecule has 0 bridgehead atoms. The maximum atomic E-state index is 12.4. The number of ketones is 1. The summed E-state index contributed by atoms with van der Waals surface area (Å²) in [6.07, 6.45) is 1.70. The molecule has 2 aromatic carbocycles. The van der Waals surface area contributed by atoms with E-state index in [0.717, 1.165) is 4.88 Å². The highest BCUT2D eigenvalue weighted by Crippen LogP contribution is 2.35. The first-order valence-electron chi connectivity index (χ1n) is 8.12. The smallest absolute Gasteiger partial charge is 0.343 e. The molecule has 5 nitrogen and oxygen atoms in total. The summed E-state index contributed by atoms with van der Waals surface area (Å²) in [6.45, 7) is 0. The molecule has 1 aromatic heterocycles. The van der Waals surface area contributed by atoms with Gasteiger partial charge in [0.2, 0.25) is 5.78 Å². The number of ether oxygens (including phenoxy) is 3. The van der Waals surface area contributed by atoms with Crippen molar-refractivity contribution >= 4 is 29.2 Å². The maximum Gasteiger partial charge on any atom is 0.343 e. The van der Waals surface area contributed by atoms with Gasteiger partial charge in [-0.2, -0.15) is 0 Å². The van der Waals surface area contributed by atoms with Crippen LogP contribution in [0.1, 0.15) is 25.6 Å². The van der Waals surface area contributed by atoms with Gasteiger partial charge >= 0.3 is 5.97 Å². The van der Waals surface area contributed by atoms with Gasteiger partial charge < -0.3 is 14.2 Å². The lowest BCUT2D eigenvalue weighted by molar-refractivity contribution is 0.0734. The number of fused-ring (bicyclic) bond motifs is 1. The molecule has 0 atom stereocenters. The number of Topliss-reactive ketones (excluding diaryl/α,β-unsaturated/α-hetero) is 1. The van der Waals surface area contributed by atoms with Crippen molar-refractivity contribution in [3.63, 3.8) is 0 Å². The SMILES string of the molecule is COc1ccc(C(=O)Oc2ccc3c(c2)OC(=Cc2cccs2)C3=O)cc1. The van der Waals surface area contributed by atoms with E-state index in [-0.39, 0.29) is 11.5 Å². The monoisotopic (exact) mass is 378 g/mol. The highest BCUT2D eigenvalue weighted by molar-refractivity contribution is 7.10. The van der Waals surface area contributed by atoms with E-state index in [1.807, 2.05) is 17.5 Å². The third-order valence-corrected chi connectivity index (χ3v) is 4.81. The Morgan fingerprint density at radius 3 is 2.56 bits per heavy atom. The first kappa shape index (κ1) is 17.1. The predicted molar refractivity (Wildman–Crippen MR) is 102 cm³/mol. The summed E-state index contributed by atoms with van der Waals surface area (Å²) in [4.78, 5) is 25.6. The van der Waals surface area contributed by atoms with Crippen molar-refractivity contribution in [2.75, 3.05) is 7.11 Å². The first-order chi connectivity index (χ1) is 13.1. The molecule has 0 unspecified atom stereocenters. The summed E-state index contributed by atoms with van der Waals surface area (Å²) in [5, 5.41) is 1.93. The van der Waals surface area contributed by atoms with Crippen molar-refractivity contribution in [2.24, 2.45) is 0 Å². The lowest BCUT2D eigenvalue weighted by Gasteiger charge is -2.06. The van der Waals surface area contributed by atoms with Crippen molar-refractivity contribution < 1.29 is 23.8 Å². The fourth-order valence-corrected chi connectivity index (χ4v) is 3.27. The second kappa shape index (κ2) is 7.09. The summed E-state index contributed by atoms with van der Waals surface area (Å²) in [6, 6.07) is 15.1. The van der Waals surface area contributed by atoms with E-state index in [1.54, 1.807) is 55.7 Å². The standard InChI is InChI=1S/C21H14O5S/c1-24-14-6-4-13(5-7-14)21(23)25-15-8-9-17-18(11-15)26-19(20(17)22)12-16-3-2-10-27-16/h2-12H,1H3. The summed E-state index contributed by atoms with van der Waals surface area (Å²) < 4.78 is 16.1. The second-order valence-electron chi connectivity index (χ2n) is 5.73.